The second-order valence-electron chi connectivity index (χ2n) is 8.78. The summed E-state index contributed by atoms with van der Waals surface area (Å²) in [6, 6.07) is 6.44. The van der Waals surface area contributed by atoms with Crippen molar-refractivity contribution in [3.05, 3.63) is 34.9 Å². The molecular formula is C22H32N2O3. The number of amides is 2. The average molecular weight is 373 g/mol. The summed E-state index contributed by atoms with van der Waals surface area (Å²) in [4.78, 5) is 29.0. The van der Waals surface area contributed by atoms with Crippen molar-refractivity contribution in [3.8, 4) is 0 Å². The lowest BCUT2D eigenvalue weighted by Crippen LogP contribution is -2.53. The molecule has 27 heavy (non-hydrogen) atoms. The molecule has 0 aliphatic carbocycles. The van der Waals surface area contributed by atoms with Crippen molar-refractivity contribution in [3.63, 3.8) is 0 Å². The van der Waals surface area contributed by atoms with E-state index < -0.39 is 0 Å². The number of ether oxygens (including phenoxy) is 1. The fraction of sp³-hybridized carbons (Fsp3) is 0.636. The summed E-state index contributed by atoms with van der Waals surface area (Å²) < 4.78 is 5.50. The number of hydrogen-bond donors (Lipinski definition) is 0. The molecule has 0 saturated carbocycles. The largest absolute Gasteiger partial charge is 0.368 e. The minimum atomic E-state index is -0.268. The monoisotopic (exact) mass is 372 g/mol. The zero-order chi connectivity index (χ0) is 19.6. The van der Waals surface area contributed by atoms with E-state index in [0.717, 1.165) is 24.0 Å². The Bertz CT molecular complexity index is 694. The van der Waals surface area contributed by atoms with Crippen molar-refractivity contribution >= 4 is 11.8 Å². The summed E-state index contributed by atoms with van der Waals surface area (Å²) in [7, 11) is 0. The standard InChI is InChI=1S/C22H32N2O3/c1-16-7-8-18(22(2,3)4)14-17(16)15-20(25)23-9-11-24(12-10-23)21(26)19-6-5-13-27-19/h7-8,14,19H,5-6,9-13,15H2,1-4H3. The molecule has 2 amide bonds. The Morgan fingerprint density at radius 3 is 2.37 bits per heavy atom. The lowest BCUT2D eigenvalue weighted by Gasteiger charge is -2.36. The zero-order valence-corrected chi connectivity index (χ0v) is 17.1. The van der Waals surface area contributed by atoms with Crippen LogP contribution in [0.1, 0.15) is 50.3 Å². The van der Waals surface area contributed by atoms with E-state index in [1.54, 1.807) is 0 Å². The normalized spacial score (nSPS) is 20.8. The van der Waals surface area contributed by atoms with Crippen LogP contribution in [-0.4, -0.2) is 60.5 Å². The first-order chi connectivity index (χ1) is 12.8. The third kappa shape index (κ3) is 4.70. The van der Waals surface area contributed by atoms with Crippen LogP contribution in [0.5, 0.6) is 0 Å². The molecule has 3 rings (SSSR count). The van der Waals surface area contributed by atoms with Gasteiger partial charge in [-0.25, -0.2) is 0 Å². The first-order valence-electron chi connectivity index (χ1n) is 10.0. The minimum Gasteiger partial charge on any atom is -0.368 e. The van der Waals surface area contributed by atoms with Gasteiger partial charge in [0.25, 0.3) is 5.91 Å². The third-order valence-electron chi connectivity index (χ3n) is 5.71. The zero-order valence-electron chi connectivity index (χ0n) is 17.1. The fourth-order valence-electron chi connectivity index (χ4n) is 3.76. The van der Waals surface area contributed by atoms with Gasteiger partial charge < -0.3 is 14.5 Å². The van der Waals surface area contributed by atoms with Gasteiger partial charge in [-0.15, -0.1) is 0 Å². The third-order valence-corrected chi connectivity index (χ3v) is 5.71. The molecule has 1 aromatic rings. The van der Waals surface area contributed by atoms with Gasteiger partial charge in [-0.2, -0.15) is 0 Å². The average Bonchev–Trinajstić information content (AvgIpc) is 3.16. The quantitative estimate of drug-likeness (QED) is 0.820. The Morgan fingerprint density at radius 1 is 1.11 bits per heavy atom. The van der Waals surface area contributed by atoms with E-state index in [9.17, 15) is 9.59 Å². The molecule has 2 fully saturated rings. The number of piperazine rings is 1. The van der Waals surface area contributed by atoms with Gasteiger partial charge >= 0.3 is 0 Å². The molecule has 1 unspecified atom stereocenters. The van der Waals surface area contributed by atoms with Gasteiger partial charge in [0.15, 0.2) is 0 Å². The number of aryl methyl sites for hydroxylation is 1. The van der Waals surface area contributed by atoms with E-state index in [4.69, 9.17) is 4.74 Å². The summed E-state index contributed by atoms with van der Waals surface area (Å²) in [6.07, 6.45) is 1.94. The van der Waals surface area contributed by atoms with E-state index in [2.05, 4.69) is 45.9 Å². The summed E-state index contributed by atoms with van der Waals surface area (Å²) in [5, 5.41) is 0. The van der Waals surface area contributed by atoms with Gasteiger partial charge in [-0.05, 0) is 41.9 Å². The van der Waals surface area contributed by atoms with Crippen molar-refractivity contribution in [1.82, 2.24) is 9.80 Å². The second kappa shape index (κ2) is 8.01. The molecule has 0 spiro atoms. The SMILES string of the molecule is Cc1ccc(C(C)(C)C)cc1CC(=O)N1CCN(C(=O)C2CCCO2)CC1. The number of nitrogens with zero attached hydrogens (tertiary/aromatic N) is 2. The van der Waals surface area contributed by atoms with Crippen LogP contribution in [0.15, 0.2) is 18.2 Å². The molecular weight excluding hydrogens is 340 g/mol. The molecule has 2 aliphatic heterocycles. The Balaban J connectivity index is 1.57. The Morgan fingerprint density at radius 2 is 1.78 bits per heavy atom. The Kier molecular flexibility index (Phi) is 5.89. The molecule has 0 N–H and O–H groups in total. The Labute approximate surface area is 162 Å². The maximum Gasteiger partial charge on any atom is 0.251 e. The molecule has 148 valence electrons. The van der Waals surface area contributed by atoms with E-state index >= 15 is 0 Å². The van der Waals surface area contributed by atoms with Crippen LogP contribution in [0.25, 0.3) is 0 Å². The lowest BCUT2D eigenvalue weighted by atomic mass is 9.85. The summed E-state index contributed by atoms with van der Waals surface area (Å²) in [5.41, 5.74) is 3.58. The van der Waals surface area contributed by atoms with E-state index in [-0.39, 0.29) is 23.3 Å². The van der Waals surface area contributed by atoms with Crippen molar-refractivity contribution in [2.75, 3.05) is 32.8 Å². The number of benzene rings is 1. The van der Waals surface area contributed by atoms with Crippen LogP contribution in [0.3, 0.4) is 0 Å². The maximum atomic E-state index is 12.8. The molecule has 2 aliphatic rings. The number of carbonyl (C=O) groups is 2. The van der Waals surface area contributed by atoms with E-state index in [1.807, 2.05) is 9.80 Å². The molecule has 5 nitrogen and oxygen atoms in total. The highest BCUT2D eigenvalue weighted by Crippen LogP contribution is 2.25. The van der Waals surface area contributed by atoms with Gasteiger partial charge in [-0.3, -0.25) is 9.59 Å². The molecule has 2 saturated heterocycles. The van der Waals surface area contributed by atoms with Crippen LogP contribution in [0.4, 0.5) is 0 Å². The minimum absolute atomic E-state index is 0.0692. The van der Waals surface area contributed by atoms with Crippen molar-refractivity contribution < 1.29 is 14.3 Å². The first-order valence-corrected chi connectivity index (χ1v) is 10.0. The summed E-state index contributed by atoms with van der Waals surface area (Å²) in [5.74, 6) is 0.238. The number of carbonyl (C=O) groups excluding carboxylic acids is 2. The molecule has 0 bridgehead atoms. The highest BCUT2D eigenvalue weighted by atomic mass is 16.5. The first kappa shape index (κ1) is 19.9. The molecule has 5 heteroatoms. The van der Waals surface area contributed by atoms with E-state index in [1.165, 1.54) is 5.56 Å². The maximum absolute atomic E-state index is 12.8. The smallest absolute Gasteiger partial charge is 0.251 e. The summed E-state index contributed by atoms with van der Waals surface area (Å²) >= 11 is 0. The topological polar surface area (TPSA) is 49.9 Å². The number of rotatable bonds is 3. The fourth-order valence-corrected chi connectivity index (χ4v) is 3.76. The van der Waals surface area contributed by atoms with Crippen LogP contribution < -0.4 is 0 Å². The van der Waals surface area contributed by atoms with Gasteiger partial charge in [0.1, 0.15) is 6.10 Å². The van der Waals surface area contributed by atoms with Crippen LogP contribution in [0, 0.1) is 6.92 Å². The predicted octanol–water partition coefficient (Wildman–Crippen LogP) is 2.68. The number of hydrogen-bond acceptors (Lipinski definition) is 3. The van der Waals surface area contributed by atoms with Crippen LogP contribution in [0.2, 0.25) is 0 Å². The molecule has 0 aromatic heterocycles. The summed E-state index contributed by atoms with van der Waals surface area (Å²) in [6.45, 7) is 11.7. The van der Waals surface area contributed by atoms with Gasteiger partial charge in [0, 0.05) is 32.8 Å². The van der Waals surface area contributed by atoms with Crippen molar-refractivity contribution in [2.45, 2.75) is 58.5 Å². The lowest BCUT2D eigenvalue weighted by molar-refractivity contribution is -0.145. The van der Waals surface area contributed by atoms with Crippen LogP contribution in [-0.2, 0) is 26.2 Å². The highest BCUT2D eigenvalue weighted by Gasteiger charge is 2.31. The van der Waals surface area contributed by atoms with Crippen molar-refractivity contribution in [2.24, 2.45) is 0 Å². The second-order valence-corrected chi connectivity index (χ2v) is 8.78. The van der Waals surface area contributed by atoms with Gasteiger partial charge in [0.2, 0.25) is 5.91 Å². The van der Waals surface area contributed by atoms with Gasteiger partial charge in [0.05, 0.1) is 6.42 Å². The molecule has 2 heterocycles. The van der Waals surface area contributed by atoms with Crippen molar-refractivity contribution in [1.29, 1.82) is 0 Å². The van der Waals surface area contributed by atoms with Gasteiger partial charge in [-0.1, -0.05) is 39.0 Å². The highest BCUT2D eigenvalue weighted by molar-refractivity contribution is 5.82. The van der Waals surface area contributed by atoms with E-state index in [0.29, 0.717) is 39.2 Å². The predicted molar refractivity (Wildman–Crippen MR) is 106 cm³/mol. The molecule has 1 atom stereocenters. The molecule has 1 aromatic carbocycles. The Hall–Kier alpha value is -1.88. The van der Waals surface area contributed by atoms with Crippen LogP contribution >= 0.6 is 0 Å². The molecule has 0 radical (unpaired) electrons.